The molecule has 1 amide bonds. The second kappa shape index (κ2) is 10.5. The maximum absolute atomic E-state index is 11.3. The lowest BCUT2D eigenvalue weighted by Crippen LogP contribution is -2.11. The first kappa shape index (κ1) is 23.2. The van der Waals surface area contributed by atoms with Gasteiger partial charge in [0, 0.05) is 30.1 Å². The summed E-state index contributed by atoms with van der Waals surface area (Å²) in [4.78, 5) is 26.1. The summed E-state index contributed by atoms with van der Waals surface area (Å²) in [5.41, 5.74) is 7.92. The van der Waals surface area contributed by atoms with Crippen LogP contribution >= 0.6 is 0 Å². The van der Waals surface area contributed by atoms with E-state index in [2.05, 4.69) is 11.9 Å². The molecule has 0 bridgehead atoms. The SMILES string of the molecule is CC(=O)c1cccc(C(N)=O)c1.CCCC(=NC)c1ccc(S(C)(=O)=O)cc1. The molecular weight excluding hydrogens is 376 g/mol. The second-order valence-corrected chi connectivity index (χ2v) is 8.23. The molecule has 28 heavy (non-hydrogen) atoms. The van der Waals surface area contributed by atoms with Crippen molar-refractivity contribution in [3.05, 3.63) is 65.2 Å². The number of sulfone groups is 1. The summed E-state index contributed by atoms with van der Waals surface area (Å²) >= 11 is 0. The Kier molecular flexibility index (Phi) is 8.73. The van der Waals surface area contributed by atoms with E-state index in [4.69, 9.17) is 5.73 Å². The standard InChI is InChI=1S/C12H17NO2S.C9H9NO2/c1-4-5-12(13-2)10-6-8-11(9-7-10)16(3,14)15;1-6(11)7-3-2-4-8(5-7)9(10)12/h6-9H,4-5H2,1-3H3;2-5H,1H3,(H2,10,12). The van der Waals surface area contributed by atoms with Crippen LogP contribution in [0.2, 0.25) is 0 Å². The Balaban J connectivity index is 0.000000292. The number of nitrogens with two attached hydrogens (primary N) is 1. The molecule has 0 aromatic heterocycles. The summed E-state index contributed by atoms with van der Waals surface area (Å²) in [7, 11) is -1.34. The molecule has 0 saturated carbocycles. The van der Waals surface area contributed by atoms with Crippen LogP contribution in [-0.2, 0) is 9.84 Å². The van der Waals surface area contributed by atoms with Crippen molar-refractivity contribution >= 4 is 27.2 Å². The Bertz CT molecular complexity index is 933. The highest BCUT2D eigenvalue weighted by Crippen LogP contribution is 2.13. The minimum atomic E-state index is -3.10. The summed E-state index contributed by atoms with van der Waals surface area (Å²) in [5.74, 6) is -0.587. The van der Waals surface area contributed by atoms with E-state index in [1.165, 1.54) is 19.2 Å². The van der Waals surface area contributed by atoms with Gasteiger partial charge in [0.05, 0.1) is 4.90 Å². The molecule has 2 aromatic carbocycles. The fourth-order valence-electron chi connectivity index (χ4n) is 2.41. The second-order valence-electron chi connectivity index (χ2n) is 6.22. The molecule has 2 aromatic rings. The average Bonchev–Trinajstić information content (AvgIpc) is 2.66. The lowest BCUT2D eigenvalue weighted by molar-refractivity contribution is 0.1000. The highest BCUT2D eigenvalue weighted by molar-refractivity contribution is 7.90. The van der Waals surface area contributed by atoms with Gasteiger partial charge in [-0.15, -0.1) is 0 Å². The van der Waals surface area contributed by atoms with Crippen molar-refractivity contribution < 1.29 is 18.0 Å². The van der Waals surface area contributed by atoms with Crippen LogP contribution < -0.4 is 5.73 Å². The van der Waals surface area contributed by atoms with Gasteiger partial charge in [-0.3, -0.25) is 14.6 Å². The monoisotopic (exact) mass is 402 g/mol. The van der Waals surface area contributed by atoms with E-state index >= 15 is 0 Å². The van der Waals surface area contributed by atoms with E-state index in [1.54, 1.807) is 37.4 Å². The Hall–Kier alpha value is -2.80. The highest BCUT2D eigenvalue weighted by atomic mass is 32.2. The third-order valence-electron chi connectivity index (χ3n) is 3.93. The molecule has 0 aliphatic heterocycles. The number of carbonyl (C=O) groups excluding carboxylic acids is 2. The van der Waals surface area contributed by atoms with Crippen molar-refractivity contribution in [3.63, 3.8) is 0 Å². The van der Waals surface area contributed by atoms with E-state index in [9.17, 15) is 18.0 Å². The summed E-state index contributed by atoms with van der Waals surface area (Å²) in [6.45, 7) is 3.54. The van der Waals surface area contributed by atoms with Crippen LogP contribution in [0.4, 0.5) is 0 Å². The molecule has 7 heteroatoms. The normalized spacial score (nSPS) is 11.4. The van der Waals surface area contributed by atoms with Gasteiger partial charge in [-0.1, -0.05) is 37.6 Å². The van der Waals surface area contributed by atoms with Crippen molar-refractivity contribution in [2.75, 3.05) is 13.3 Å². The molecule has 150 valence electrons. The molecular formula is C21H26N2O4S. The minimum absolute atomic E-state index is 0.0712. The predicted molar refractivity (Wildman–Crippen MR) is 112 cm³/mol. The zero-order valence-electron chi connectivity index (χ0n) is 16.6. The number of amides is 1. The van der Waals surface area contributed by atoms with Gasteiger partial charge >= 0.3 is 0 Å². The summed E-state index contributed by atoms with van der Waals surface area (Å²) in [6.07, 6.45) is 3.15. The van der Waals surface area contributed by atoms with E-state index in [1.807, 2.05) is 12.1 Å². The van der Waals surface area contributed by atoms with E-state index < -0.39 is 15.7 Å². The minimum Gasteiger partial charge on any atom is -0.366 e. The van der Waals surface area contributed by atoms with Gasteiger partial charge in [-0.25, -0.2) is 8.42 Å². The van der Waals surface area contributed by atoms with Crippen molar-refractivity contribution in [2.24, 2.45) is 10.7 Å². The van der Waals surface area contributed by atoms with Crippen LogP contribution in [0.1, 0.15) is 53.0 Å². The third-order valence-corrected chi connectivity index (χ3v) is 5.05. The van der Waals surface area contributed by atoms with Crippen molar-refractivity contribution in [2.45, 2.75) is 31.6 Å². The number of hydrogen-bond acceptors (Lipinski definition) is 5. The number of primary amides is 1. The lowest BCUT2D eigenvalue weighted by Gasteiger charge is -2.05. The summed E-state index contributed by atoms with van der Waals surface area (Å²) in [5, 5.41) is 0. The Morgan fingerprint density at radius 3 is 2.00 bits per heavy atom. The van der Waals surface area contributed by atoms with Crippen molar-refractivity contribution in [3.8, 4) is 0 Å². The molecule has 0 saturated heterocycles. The number of carbonyl (C=O) groups is 2. The smallest absolute Gasteiger partial charge is 0.248 e. The van der Waals surface area contributed by atoms with Crippen LogP contribution in [0.25, 0.3) is 0 Å². The molecule has 6 nitrogen and oxygen atoms in total. The van der Waals surface area contributed by atoms with E-state index in [-0.39, 0.29) is 5.78 Å². The molecule has 0 aliphatic rings. The quantitative estimate of drug-likeness (QED) is 0.591. The number of benzene rings is 2. The highest BCUT2D eigenvalue weighted by Gasteiger charge is 2.08. The molecule has 0 unspecified atom stereocenters. The number of hydrogen-bond donors (Lipinski definition) is 1. The number of aliphatic imine (C=N–C) groups is 1. The zero-order valence-corrected chi connectivity index (χ0v) is 17.4. The third kappa shape index (κ3) is 7.08. The van der Waals surface area contributed by atoms with Gasteiger partial charge < -0.3 is 5.73 Å². The first-order valence-corrected chi connectivity index (χ1v) is 10.7. The lowest BCUT2D eigenvalue weighted by atomic mass is 10.1. The molecule has 0 spiro atoms. The van der Waals surface area contributed by atoms with Gasteiger partial charge in [0.1, 0.15) is 0 Å². The molecule has 0 fully saturated rings. The Morgan fingerprint density at radius 2 is 1.57 bits per heavy atom. The predicted octanol–water partition coefficient (Wildman–Crippen LogP) is 3.30. The fraction of sp³-hybridized carbons (Fsp3) is 0.286. The largest absolute Gasteiger partial charge is 0.366 e. The van der Waals surface area contributed by atoms with Crippen LogP contribution in [0.15, 0.2) is 58.4 Å². The molecule has 0 aliphatic carbocycles. The summed E-state index contributed by atoms with van der Waals surface area (Å²) in [6, 6.07) is 13.2. The molecule has 0 atom stereocenters. The average molecular weight is 403 g/mol. The van der Waals surface area contributed by atoms with Crippen LogP contribution in [0, 0.1) is 0 Å². The molecule has 0 radical (unpaired) electrons. The Labute approximate surface area is 166 Å². The first-order valence-electron chi connectivity index (χ1n) is 8.77. The van der Waals surface area contributed by atoms with E-state index in [0.717, 1.165) is 24.1 Å². The number of rotatable bonds is 6. The fourth-order valence-corrected chi connectivity index (χ4v) is 3.04. The topological polar surface area (TPSA) is 107 Å². The van der Waals surface area contributed by atoms with Gasteiger partial charge in [0.25, 0.3) is 0 Å². The summed E-state index contributed by atoms with van der Waals surface area (Å²) < 4.78 is 22.6. The van der Waals surface area contributed by atoms with Gasteiger partial charge in [-0.2, -0.15) is 0 Å². The number of nitrogens with zero attached hydrogens (tertiary/aromatic N) is 1. The molecule has 2 rings (SSSR count). The first-order chi connectivity index (χ1) is 13.1. The maximum Gasteiger partial charge on any atom is 0.248 e. The maximum atomic E-state index is 11.3. The van der Waals surface area contributed by atoms with Gasteiger partial charge in [0.15, 0.2) is 15.6 Å². The van der Waals surface area contributed by atoms with Gasteiger partial charge in [-0.05, 0) is 43.2 Å². The van der Waals surface area contributed by atoms with Crippen molar-refractivity contribution in [1.29, 1.82) is 0 Å². The van der Waals surface area contributed by atoms with E-state index in [0.29, 0.717) is 16.0 Å². The van der Waals surface area contributed by atoms with Crippen molar-refractivity contribution in [1.82, 2.24) is 0 Å². The van der Waals surface area contributed by atoms with Gasteiger partial charge in [0.2, 0.25) is 5.91 Å². The Morgan fingerprint density at radius 1 is 1.00 bits per heavy atom. The van der Waals surface area contributed by atoms with Crippen LogP contribution in [-0.4, -0.2) is 39.1 Å². The number of Topliss-reactive ketones (excluding diaryl/α,β-unsaturated/α-hetero) is 1. The zero-order chi connectivity index (χ0) is 21.3. The molecule has 2 N–H and O–H groups in total. The van der Waals surface area contributed by atoms with Crippen LogP contribution in [0.5, 0.6) is 0 Å². The molecule has 0 heterocycles. The van der Waals surface area contributed by atoms with Crippen LogP contribution in [0.3, 0.4) is 0 Å². The number of ketones is 1.